The largest absolute Gasteiger partial charge is 0.336 e. The smallest absolute Gasteiger partial charge is 0.319 e. The first-order valence-electron chi connectivity index (χ1n) is 9.87. The van der Waals surface area contributed by atoms with Crippen LogP contribution < -0.4 is 10.6 Å². The number of carbonyl (C=O) groups excluding carboxylic acids is 2. The lowest BCUT2D eigenvalue weighted by molar-refractivity contribution is 0.104. The number of rotatable bonds is 6. The lowest BCUT2D eigenvalue weighted by Crippen LogP contribution is -2.34. The van der Waals surface area contributed by atoms with Crippen LogP contribution in [0.1, 0.15) is 41.2 Å². The third-order valence-corrected chi connectivity index (χ3v) is 4.60. The van der Waals surface area contributed by atoms with E-state index < -0.39 is 0 Å². The third kappa shape index (κ3) is 5.03. The van der Waals surface area contributed by atoms with E-state index in [4.69, 9.17) is 0 Å². The fraction of sp³-hybridized carbons (Fsp3) is 0.208. The van der Waals surface area contributed by atoms with Gasteiger partial charge in [-0.3, -0.25) is 4.79 Å². The number of hydrogen-bond donors (Lipinski definition) is 2. The number of amides is 2. The molecule has 30 heavy (non-hydrogen) atoms. The first-order chi connectivity index (χ1) is 14.3. The number of hydrogen-bond acceptors (Lipinski definition) is 3. The molecular weight excluding hydrogens is 376 g/mol. The molecule has 2 amide bonds. The van der Waals surface area contributed by atoms with Gasteiger partial charge < -0.3 is 10.6 Å². The molecule has 0 saturated heterocycles. The van der Waals surface area contributed by atoms with Crippen molar-refractivity contribution in [3.05, 3.63) is 83.2 Å². The lowest BCUT2D eigenvalue weighted by atomic mass is 10.1. The van der Waals surface area contributed by atoms with Crippen LogP contribution in [0.2, 0.25) is 0 Å². The molecule has 0 aliphatic rings. The molecule has 0 radical (unpaired) electrons. The molecule has 2 N–H and O–H groups in total. The summed E-state index contributed by atoms with van der Waals surface area (Å²) in [5.74, 6) is -0.112. The second kappa shape index (κ2) is 9.22. The van der Waals surface area contributed by atoms with Crippen LogP contribution in [0, 0.1) is 13.8 Å². The van der Waals surface area contributed by atoms with Crippen LogP contribution in [0.3, 0.4) is 0 Å². The van der Waals surface area contributed by atoms with Crippen LogP contribution >= 0.6 is 0 Å². The first kappa shape index (κ1) is 21.0. The molecule has 0 atom stereocenters. The van der Waals surface area contributed by atoms with Crippen molar-refractivity contribution in [3.63, 3.8) is 0 Å². The highest BCUT2D eigenvalue weighted by molar-refractivity contribution is 6.07. The molecule has 3 rings (SSSR count). The van der Waals surface area contributed by atoms with Gasteiger partial charge in [-0.2, -0.15) is 5.10 Å². The molecule has 6 heteroatoms. The fourth-order valence-corrected chi connectivity index (χ4v) is 3.12. The Bertz CT molecular complexity index is 1060. The van der Waals surface area contributed by atoms with Crippen molar-refractivity contribution in [3.8, 4) is 5.69 Å². The number of nitrogens with one attached hydrogen (secondary N) is 2. The van der Waals surface area contributed by atoms with Gasteiger partial charge in [0.15, 0.2) is 5.78 Å². The summed E-state index contributed by atoms with van der Waals surface area (Å²) in [6.07, 6.45) is 3.36. The normalized spacial score (nSPS) is 11.1. The van der Waals surface area contributed by atoms with Gasteiger partial charge in [-0.1, -0.05) is 18.2 Å². The number of allylic oxidation sites excluding steroid dienone is 1. The van der Waals surface area contributed by atoms with Crippen molar-refractivity contribution in [2.24, 2.45) is 0 Å². The molecule has 0 bridgehead atoms. The fourth-order valence-electron chi connectivity index (χ4n) is 3.12. The Hall–Kier alpha value is -3.67. The van der Waals surface area contributed by atoms with Gasteiger partial charge in [-0.15, -0.1) is 0 Å². The number of carbonyl (C=O) groups is 2. The maximum absolute atomic E-state index is 12.6. The second-order valence-electron chi connectivity index (χ2n) is 7.36. The van der Waals surface area contributed by atoms with Gasteiger partial charge in [-0.05, 0) is 76.2 Å². The number of ketones is 1. The van der Waals surface area contributed by atoms with E-state index >= 15 is 0 Å². The quantitative estimate of drug-likeness (QED) is 0.454. The topological polar surface area (TPSA) is 76.0 Å². The van der Waals surface area contributed by atoms with Crippen LogP contribution in [-0.4, -0.2) is 27.6 Å². The highest BCUT2D eigenvalue weighted by Crippen LogP contribution is 2.19. The summed E-state index contributed by atoms with van der Waals surface area (Å²) in [6, 6.07) is 16.5. The average Bonchev–Trinajstić information content (AvgIpc) is 3.00. The maximum atomic E-state index is 12.6. The van der Waals surface area contributed by atoms with Crippen LogP contribution in [0.5, 0.6) is 0 Å². The predicted octanol–water partition coefficient (Wildman–Crippen LogP) is 4.92. The van der Waals surface area contributed by atoms with E-state index in [2.05, 4.69) is 15.7 Å². The van der Waals surface area contributed by atoms with Crippen molar-refractivity contribution in [2.45, 2.75) is 33.7 Å². The van der Waals surface area contributed by atoms with Crippen LogP contribution in [0.25, 0.3) is 11.8 Å². The Morgan fingerprint density at radius 3 is 2.30 bits per heavy atom. The van der Waals surface area contributed by atoms with Gasteiger partial charge in [-0.25, -0.2) is 9.48 Å². The zero-order valence-corrected chi connectivity index (χ0v) is 17.6. The van der Waals surface area contributed by atoms with E-state index in [0.29, 0.717) is 11.3 Å². The molecule has 0 aliphatic heterocycles. The summed E-state index contributed by atoms with van der Waals surface area (Å²) in [5, 5.41) is 10.1. The minimum Gasteiger partial charge on any atom is -0.336 e. The molecule has 1 heterocycles. The van der Waals surface area contributed by atoms with Crippen LogP contribution in [0.15, 0.2) is 60.7 Å². The zero-order chi connectivity index (χ0) is 21.7. The van der Waals surface area contributed by atoms with Crippen molar-refractivity contribution < 1.29 is 9.59 Å². The third-order valence-electron chi connectivity index (χ3n) is 4.60. The van der Waals surface area contributed by atoms with E-state index in [9.17, 15) is 9.59 Å². The van der Waals surface area contributed by atoms with E-state index in [1.165, 1.54) is 0 Å². The van der Waals surface area contributed by atoms with Gasteiger partial charge in [0.05, 0.1) is 11.4 Å². The van der Waals surface area contributed by atoms with Crippen LogP contribution in [-0.2, 0) is 0 Å². The highest BCUT2D eigenvalue weighted by atomic mass is 16.2. The molecule has 2 aromatic carbocycles. The Kier molecular flexibility index (Phi) is 6.47. The predicted molar refractivity (Wildman–Crippen MR) is 120 cm³/mol. The summed E-state index contributed by atoms with van der Waals surface area (Å²) in [7, 11) is 0. The number of nitrogens with zero attached hydrogens (tertiary/aromatic N) is 2. The van der Waals surface area contributed by atoms with Gasteiger partial charge in [0, 0.05) is 28.6 Å². The Morgan fingerprint density at radius 1 is 1.00 bits per heavy atom. The Balaban J connectivity index is 1.72. The molecule has 1 aromatic heterocycles. The maximum Gasteiger partial charge on any atom is 0.319 e. The molecule has 0 saturated carbocycles. The van der Waals surface area contributed by atoms with E-state index in [-0.39, 0.29) is 17.9 Å². The molecule has 0 fully saturated rings. The minimum absolute atomic E-state index is 0.0501. The SMILES string of the molecule is Cc1nn(-c2ccccc2)c(C)c1/C=C/C(=O)c1ccc(NC(=O)NC(C)C)cc1. The summed E-state index contributed by atoms with van der Waals surface area (Å²) >= 11 is 0. The van der Waals surface area contributed by atoms with E-state index in [1.54, 1.807) is 30.3 Å². The number of aryl methyl sites for hydroxylation is 1. The average molecular weight is 402 g/mol. The van der Waals surface area contributed by atoms with Crippen molar-refractivity contribution in [1.82, 2.24) is 15.1 Å². The zero-order valence-electron chi connectivity index (χ0n) is 17.6. The van der Waals surface area contributed by atoms with E-state index in [1.807, 2.05) is 68.8 Å². The Labute approximate surface area is 176 Å². The lowest BCUT2D eigenvalue weighted by Gasteiger charge is -2.10. The molecule has 0 spiro atoms. The van der Waals surface area contributed by atoms with Crippen molar-refractivity contribution in [2.75, 3.05) is 5.32 Å². The number of benzene rings is 2. The number of urea groups is 1. The monoisotopic (exact) mass is 402 g/mol. The molecule has 0 aliphatic carbocycles. The minimum atomic E-state index is -0.273. The molecule has 3 aromatic rings. The van der Waals surface area contributed by atoms with Crippen molar-refractivity contribution >= 4 is 23.6 Å². The molecule has 6 nitrogen and oxygen atoms in total. The first-order valence-corrected chi connectivity index (χ1v) is 9.87. The number of aromatic nitrogens is 2. The van der Waals surface area contributed by atoms with Crippen LogP contribution in [0.4, 0.5) is 10.5 Å². The second-order valence-corrected chi connectivity index (χ2v) is 7.36. The number of anilines is 1. The van der Waals surface area contributed by atoms with Gasteiger partial charge in [0.1, 0.15) is 0 Å². The molecule has 154 valence electrons. The Morgan fingerprint density at radius 2 is 1.67 bits per heavy atom. The number of para-hydroxylation sites is 1. The summed E-state index contributed by atoms with van der Waals surface area (Å²) < 4.78 is 1.88. The summed E-state index contributed by atoms with van der Waals surface area (Å²) in [5.41, 5.74) is 4.91. The standard InChI is InChI=1S/C24H26N4O2/c1-16(2)25-24(30)26-20-12-10-19(11-13-20)23(29)15-14-22-17(3)27-28(18(22)4)21-8-6-5-7-9-21/h5-16H,1-4H3,(H2,25,26,30)/b15-14+. The van der Waals surface area contributed by atoms with E-state index in [0.717, 1.165) is 22.6 Å². The van der Waals surface area contributed by atoms with Crippen molar-refractivity contribution in [1.29, 1.82) is 0 Å². The summed E-state index contributed by atoms with van der Waals surface area (Å²) in [4.78, 5) is 24.3. The molecular formula is C24H26N4O2. The summed E-state index contributed by atoms with van der Waals surface area (Å²) in [6.45, 7) is 7.69. The molecule has 0 unspecified atom stereocenters. The van der Waals surface area contributed by atoms with Gasteiger partial charge in [0.25, 0.3) is 0 Å². The van der Waals surface area contributed by atoms with Gasteiger partial charge >= 0.3 is 6.03 Å². The highest BCUT2D eigenvalue weighted by Gasteiger charge is 2.11. The van der Waals surface area contributed by atoms with Gasteiger partial charge in [0.2, 0.25) is 0 Å².